The van der Waals surface area contributed by atoms with Crippen LogP contribution in [0.25, 0.3) is 0 Å². The van der Waals surface area contributed by atoms with Gasteiger partial charge in [-0.25, -0.2) is 0 Å². The van der Waals surface area contributed by atoms with E-state index >= 15 is 0 Å². The minimum atomic E-state index is 0.160. The molecule has 0 aliphatic carbocycles. The van der Waals surface area contributed by atoms with Crippen molar-refractivity contribution in [2.45, 2.75) is 25.9 Å². The van der Waals surface area contributed by atoms with Crippen molar-refractivity contribution in [2.75, 3.05) is 13.2 Å². The molecule has 3 rings (SSSR count). The van der Waals surface area contributed by atoms with Gasteiger partial charge in [-0.2, -0.15) is 0 Å². The summed E-state index contributed by atoms with van der Waals surface area (Å²) >= 11 is 0. The smallest absolute Gasteiger partial charge is 0.161 e. The van der Waals surface area contributed by atoms with Gasteiger partial charge < -0.3 is 19.2 Å². The highest BCUT2D eigenvalue weighted by Gasteiger charge is 2.17. The summed E-state index contributed by atoms with van der Waals surface area (Å²) in [5.74, 6) is 2.59. The van der Waals surface area contributed by atoms with E-state index in [1.54, 1.807) is 6.26 Å². The maximum Gasteiger partial charge on any atom is 0.161 e. The fraction of sp³-hybridized carbons (Fsp3) is 0.375. The molecule has 1 N–H and O–H groups in total. The molecule has 2 atom stereocenters. The third kappa shape index (κ3) is 2.65. The van der Waals surface area contributed by atoms with Crippen LogP contribution in [0, 0.1) is 0 Å². The summed E-state index contributed by atoms with van der Waals surface area (Å²) < 4.78 is 16.6. The normalized spacial score (nSPS) is 16.7. The first-order valence-corrected chi connectivity index (χ1v) is 6.93. The molecule has 0 spiro atoms. The number of nitrogens with one attached hydrogen (secondary N) is 1. The molecule has 1 aliphatic heterocycles. The number of furan rings is 1. The second-order valence-corrected chi connectivity index (χ2v) is 5.03. The maximum absolute atomic E-state index is 5.62. The molecule has 0 saturated heterocycles. The molecule has 106 valence electrons. The fourth-order valence-electron chi connectivity index (χ4n) is 2.42. The highest BCUT2D eigenvalue weighted by atomic mass is 16.6. The summed E-state index contributed by atoms with van der Waals surface area (Å²) in [6, 6.07) is 10.3. The molecule has 2 aromatic rings. The van der Waals surface area contributed by atoms with E-state index in [0.29, 0.717) is 13.2 Å². The number of ether oxygens (including phenoxy) is 2. The Kier molecular flexibility index (Phi) is 3.65. The van der Waals surface area contributed by atoms with E-state index < -0.39 is 0 Å². The zero-order chi connectivity index (χ0) is 13.9. The van der Waals surface area contributed by atoms with Crippen molar-refractivity contribution < 1.29 is 13.9 Å². The Morgan fingerprint density at radius 2 is 1.80 bits per heavy atom. The van der Waals surface area contributed by atoms with Gasteiger partial charge in [-0.3, -0.25) is 0 Å². The van der Waals surface area contributed by atoms with Crippen LogP contribution in [0.3, 0.4) is 0 Å². The van der Waals surface area contributed by atoms with Crippen LogP contribution >= 0.6 is 0 Å². The lowest BCUT2D eigenvalue weighted by Crippen LogP contribution is -2.22. The van der Waals surface area contributed by atoms with E-state index in [1.807, 2.05) is 24.3 Å². The Morgan fingerprint density at radius 1 is 1.00 bits per heavy atom. The van der Waals surface area contributed by atoms with Crippen molar-refractivity contribution in [3.63, 3.8) is 0 Å². The third-order valence-corrected chi connectivity index (χ3v) is 3.54. The van der Waals surface area contributed by atoms with Crippen LogP contribution in [-0.2, 0) is 0 Å². The number of fused-ring (bicyclic) bond motifs is 1. The molecule has 0 bridgehead atoms. The first-order chi connectivity index (χ1) is 9.74. The number of rotatable bonds is 4. The standard InChI is InChI=1S/C16H19NO3/c1-11(17-12(2)14-4-3-7-18-14)13-5-6-15-16(10-13)20-9-8-19-15/h3-7,10-12,17H,8-9H2,1-2H3/t11?,12-/m1/s1. The molecule has 20 heavy (non-hydrogen) atoms. The van der Waals surface area contributed by atoms with Gasteiger partial charge in [0.15, 0.2) is 11.5 Å². The van der Waals surface area contributed by atoms with Crippen LogP contribution in [0.1, 0.15) is 37.3 Å². The van der Waals surface area contributed by atoms with Crippen molar-refractivity contribution in [1.82, 2.24) is 5.32 Å². The van der Waals surface area contributed by atoms with E-state index in [1.165, 1.54) is 5.56 Å². The zero-order valence-electron chi connectivity index (χ0n) is 11.8. The topological polar surface area (TPSA) is 43.6 Å². The molecule has 0 radical (unpaired) electrons. The largest absolute Gasteiger partial charge is 0.486 e. The Hall–Kier alpha value is -1.94. The van der Waals surface area contributed by atoms with Crippen LogP contribution in [0.15, 0.2) is 41.0 Å². The number of hydrogen-bond acceptors (Lipinski definition) is 4. The first kappa shape index (κ1) is 13.1. The molecule has 4 nitrogen and oxygen atoms in total. The van der Waals surface area contributed by atoms with Gasteiger partial charge in [-0.05, 0) is 43.7 Å². The predicted octanol–water partition coefficient (Wildman–Crippen LogP) is 3.46. The van der Waals surface area contributed by atoms with Crippen molar-refractivity contribution in [3.8, 4) is 11.5 Å². The van der Waals surface area contributed by atoms with Gasteiger partial charge in [0.2, 0.25) is 0 Å². The van der Waals surface area contributed by atoms with Gasteiger partial charge in [0, 0.05) is 6.04 Å². The summed E-state index contributed by atoms with van der Waals surface area (Å²) in [6.07, 6.45) is 1.70. The van der Waals surface area contributed by atoms with E-state index in [0.717, 1.165) is 17.3 Å². The fourth-order valence-corrected chi connectivity index (χ4v) is 2.42. The lowest BCUT2D eigenvalue weighted by atomic mass is 10.1. The van der Waals surface area contributed by atoms with Gasteiger partial charge in [0.1, 0.15) is 19.0 Å². The monoisotopic (exact) mass is 273 g/mol. The molecule has 4 heteroatoms. The van der Waals surface area contributed by atoms with Crippen molar-refractivity contribution >= 4 is 0 Å². The summed E-state index contributed by atoms with van der Waals surface area (Å²) in [6.45, 7) is 5.45. The van der Waals surface area contributed by atoms with Crippen LogP contribution in [0.4, 0.5) is 0 Å². The highest BCUT2D eigenvalue weighted by molar-refractivity contribution is 5.44. The molecular weight excluding hydrogens is 254 g/mol. The highest BCUT2D eigenvalue weighted by Crippen LogP contribution is 2.33. The molecule has 0 saturated carbocycles. The Balaban J connectivity index is 1.72. The van der Waals surface area contributed by atoms with Crippen LogP contribution < -0.4 is 14.8 Å². The zero-order valence-corrected chi connectivity index (χ0v) is 11.8. The average molecular weight is 273 g/mol. The van der Waals surface area contributed by atoms with E-state index in [4.69, 9.17) is 13.9 Å². The maximum atomic E-state index is 5.62. The summed E-state index contributed by atoms with van der Waals surface area (Å²) in [5, 5.41) is 3.52. The number of benzene rings is 1. The lowest BCUT2D eigenvalue weighted by Gasteiger charge is -2.22. The molecule has 0 amide bonds. The van der Waals surface area contributed by atoms with Crippen LogP contribution in [-0.4, -0.2) is 13.2 Å². The molecule has 1 aromatic carbocycles. The van der Waals surface area contributed by atoms with Gasteiger partial charge in [0.05, 0.1) is 12.3 Å². The summed E-state index contributed by atoms with van der Waals surface area (Å²) in [7, 11) is 0. The van der Waals surface area contributed by atoms with Crippen LogP contribution in [0.2, 0.25) is 0 Å². The van der Waals surface area contributed by atoms with Crippen molar-refractivity contribution in [2.24, 2.45) is 0 Å². The summed E-state index contributed by atoms with van der Waals surface area (Å²) in [5.41, 5.74) is 1.17. The molecule has 1 aromatic heterocycles. The second kappa shape index (κ2) is 5.59. The molecule has 1 aliphatic rings. The molecule has 2 heterocycles. The number of hydrogen-bond donors (Lipinski definition) is 1. The van der Waals surface area contributed by atoms with Crippen molar-refractivity contribution in [1.29, 1.82) is 0 Å². The molecular formula is C16H19NO3. The lowest BCUT2D eigenvalue weighted by molar-refractivity contribution is 0.171. The summed E-state index contributed by atoms with van der Waals surface area (Å²) in [4.78, 5) is 0. The second-order valence-electron chi connectivity index (χ2n) is 5.03. The van der Waals surface area contributed by atoms with Gasteiger partial charge in [-0.15, -0.1) is 0 Å². The van der Waals surface area contributed by atoms with Gasteiger partial charge >= 0.3 is 0 Å². The average Bonchev–Trinajstić information content (AvgIpc) is 3.01. The van der Waals surface area contributed by atoms with Gasteiger partial charge in [-0.1, -0.05) is 6.07 Å². The predicted molar refractivity (Wildman–Crippen MR) is 76.1 cm³/mol. The minimum absolute atomic E-state index is 0.160. The van der Waals surface area contributed by atoms with Gasteiger partial charge in [0.25, 0.3) is 0 Å². The Bertz CT molecular complexity index is 565. The Morgan fingerprint density at radius 3 is 2.55 bits per heavy atom. The van der Waals surface area contributed by atoms with E-state index in [-0.39, 0.29) is 12.1 Å². The first-order valence-electron chi connectivity index (χ1n) is 6.93. The minimum Gasteiger partial charge on any atom is -0.486 e. The van der Waals surface area contributed by atoms with Crippen LogP contribution in [0.5, 0.6) is 11.5 Å². The molecule has 0 fully saturated rings. The Labute approximate surface area is 118 Å². The SMILES string of the molecule is CC(N[C@H](C)c1ccco1)c1ccc2c(c1)OCCO2. The third-order valence-electron chi connectivity index (χ3n) is 3.54. The quantitative estimate of drug-likeness (QED) is 0.926. The molecule has 1 unspecified atom stereocenters. The van der Waals surface area contributed by atoms with Crippen molar-refractivity contribution in [3.05, 3.63) is 47.9 Å². The van der Waals surface area contributed by atoms with E-state index in [9.17, 15) is 0 Å². The van der Waals surface area contributed by atoms with E-state index in [2.05, 4.69) is 25.2 Å².